The maximum absolute atomic E-state index is 4.56. The molecule has 1 saturated carbocycles. The molecule has 2 rings (SSSR count). The van der Waals surface area contributed by atoms with Crippen LogP contribution in [0.5, 0.6) is 0 Å². The summed E-state index contributed by atoms with van der Waals surface area (Å²) in [5.74, 6) is 1.97. The highest BCUT2D eigenvalue weighted by atomic mass is 15.1. The summed E-state index contributed by atoms with van der Waals surface area (Å²) in [6.07, 6.45) is 13.7. The van der Waals surface area contributed by atoms with Crippen molar-refractivity contribution in [3.8, 4) is 0 Å². The summed E-state index contributed by atoms with van der Waals surface area (Å²) in [6.45, 7) is 3.22. The van der Waals surface area contributed by atoms with Gasteiger partial charge in [-0.05, 0) is 25.3 Å². The lowest BCUT2D eigenvalue weighted by Gasteiger charge is -2.29. The fourth-order valence-electron chi connectivity index (χ4n) is 3.19. The zero-order valence-corrected chi connectivity index (χ0v) is 11.9. The van der Waals surface area contributed by atoms with Crippen molar-refractivity contribution < 1.29 is 0 Å². The number of hydrogen-bond donors (Lipinski definition) is 1. The summed E-state index contributed by atoms with van der Waals surface area (Å²) >= 11 is 0. The molecule has 1 aromatic rings. The van der Waals surface area contributed by atoms with Crippen LogP contribution in [0.15, 0.2) is 12.4 Å². The lowest BCUT2D eigenvalue weighted by atomic mass is 9.85. The van der Waals surface area contributed by atoms with Gasteiger partial charge in [-0.3, -0.25) is 0 Å². The summed E-state index contributed by atoms with van der Waals surface area (Å²) in [4.78, 5) is 4.56. The van der Waals surface area contributed by atoms with E-state index in [1.54, 1.807) is 0 Å². The third-order valence-corrected chi connectivity index (χ3v) is 4.18. The average Bonchev–Trinajstić information content (AvgIpc) is 2.73. The van der Waals surface area contributed by atoms with E-state index in [0.29, 0.717) is 6.04 Å². The lowest BCUT2D eigenvalue weighted by molar-refractivity contribution is 0.279. The van der Waals surface area contributed by atoms with Gasteiger partial charge in [0, 0.05) is 19.4 Å². The van der Waals surface area contributed by atoms with Crippen molar-refractivity contribution >= 4 is 0 Å². The standard InChI is InChI=1S/C15H27N3/c1-3-16-14(15-17-11-12-18(15)2)13-9-7-5-4-6-8-10-13/h11-14,16H,3-10H2,1-2H3. The van der Waals surface area contributed by atoms with Crippen molar-refractivity contribution in [2.45, 2.75) is 57.9 Å². The summed E-state index contributed by atoms with van der Waals surface area (Å²) in [5, 5.41) is 3.66. The molecule has 1 atom stereocenters. The number of hydrogen-bond acceptors (Lipinski definition) is 2. The molecule has 0 aromatic carbocycles. The second kappa shape index (κ2) is 6.93. The van der Waals surface area contributed by atoms with Crippen molar-refractivity contribution in [1.29, 1.82) is 0 Å². The molecule has 1 aromatic heterocycles. The number of imidazole rings is 1. The predicted octanol–water partition coefficient (Wildman–Crippen LogP) is 3.43. The first-order chi connectivity index (χ1) is 8.83. The van der Waals surface area contributed by atoms with Crippen LogP contribution in [0.3, 0.4) is 0 Å². The Labute approximate surface area is 111 Å². The Morgan fingerprint density at radius 2 is 1.94 bits per heavy atom. The number of aromatic nitrogens is 2. The van der Waals surface area contributed by atoms with Gasteiger partial charge >= 0.3 is 0 Å². The van der Waals surface area contributed by atoms with E-state index in [1.165, 1.54) is 50.8 Å². The molecule has 1 N–H and O–H groups in total. The van der Waals surface area contributed by atoms with Gasteiger partial charge in [0.15, 0.2) is 0 Å². The molecule has 0 aliphatic heterocycles. The SMILES string of the molecule is CCNC(c1nccn1C)C1CCCCCCC1. The van der Waals surface area contributed by atoms with E-state index in [-0.39, 0.29) is 0 Å². The molecular weight excluding hydrogens is 222 g/mol. The first-order valence-electron chi connectivity index (χ1n) is 7.53. The van der Waals surface area contributed by atoms with Crippen LogP contribution in [0.1, 0.15) is 63.7 Å². The molecule has 1 unspecified atom stereocenters. The normalized spacial score (nSPS) is 20.3. The minimum Gasteiger partial charge on any atom is -0.337 e. The Morgan fingerprint density at radius 3 is 2.50 bits per heavy atom. The van der Waals surface area contributed by atoms with Gasteiger partial charge < -0.3 is 9.88 Å². The minimum absolute atomic E-state index is 0.438. The highest BCUT2D eigenvalue weighted by Crippen LogP contribution is 2.32. The van der Waals surface area contributed by atoms with E-state index in [4.69, 9.17) is 0 Å². The van der Waals surface area contributed by atoms with Crippen LogP contribution in [-0.2, 0) is 7.05 Å². The number of nitrogens with one attached hydrogen (secondary N) is 1. The van der Waals surface area contributed by atoms with E-state index >= 15 is 0 Å². The third kappa shape index (κ3) is 3.35. The molecule has 18 heavy (non-hydrogen) atoms. The molecular formula is C15H27N3. The number of rotatable bonds is 4. The Bertz CT molecular complexity index is 337. The van der Waals surface area contributed by atoms with E-state index in [9.17, 15) is 0 Å². The molecule has 3 nitrogen and oxygen atoms in total. The van der Waals surface area contributed by atoms with Gasteiger partial charge in [-0.1, -0.05) is 39.0 Å². The summed E-state index contributed by atoms with van der Waals surface area (Å²) in [6, 6.07) is 0.438. The smallest absolute Gasteiger partial charge is 0.125 e. The van der Waals surface area contributed by atoms with Crippen LogP contribution in [0, 0.1) is 5.92 Å². The van der Waals surface area contributed by atoms with E-state index < -0.39 is 0 Å². The molecule has 1 heterocycles. The molecule has 0 saturated heterocycles. The van der Waals surface area contributed by atoms with Gasteiger partial charge in [-0.15, -0.1) is 0 Å². The molecule has 0 spiro atoms. The van der Waals surface area contributed by atoms with Gasteiger partial charge in [0.05, 0.1) is 6.04 Å². The van der Waals surface area contributed by atoms with Crippen molar-refractivity contribution in [1.82, 2.24) is 14.9 Å². The zero-order chi connectivity index (χ0) is 12.8. The van der Waals surface area contributed by atoms with Crippen molar-refractivity contribution in [3.05, 3.63) is 18.2 Å². The summed E-state index contributed by atoms with van der Waals surface area (Å²) in [5.41, 5.74) is 0. The van der Waals surface area contributed by atoms with Crippen LogP contribution >= 0.6 is 0 Å². The predicted molar refractivity (Wildman–Crippen MR) is 75.4 cm³/mol. The first kappa shape index (κ1) is 13.6. The zero-order valence-electron chi connectivity index (χ0n) is 11.9. The fraction of sp³-hybridized carbons (Fsp3) is 0.800. The summed E-state index contributed by atoms with van der Waals surface area (Å²) in [7, 11) is 2.11. The van der Waals surface area contributed by atoms with Gasteiger partial charge in [0.1, 0.15) is 5.82 Å². The maximum atomic E-state index is 4.56. The Kier molecular flexibility index (Phi) is 5.24. The average molecular weight is 249 g/mol. The molecule has 0 amide bonds. The minimum atomic E-state index is 0.438. The lowest BCUT2D eigenvalue weighted by Crippen LogP contribution is -2.31. The quantitative estimate of drug-likeness (QED) is 0.886. The van der Waals surface area contributed by atoms with Crippen molar-refractivity contribution in [3.63, 3.8) is 0 Å². The second-order valence-corrected chi connectivity index (χ2v) is 5.54. The van der Waals surface area contributed by atoms with Gasteiger partial charge in [0.25, 0.3) is 0 Å². The second-order valence-electron chi connectivity index (χ2n) is 5.54. The number of aryl methyl sites for hydroxylation is 1. The van der Waals surface area contributed by atoms with E-state index in [1.807, 2.05) is 6.20 Å². The Morgan fingerprint density at radius 1 is 1.28 bits per heavy atom. The molecule has 1 aliphatic rings. The molecule has 102 valence electrons. The Hall–Kier alpha value is -0.830. The molecule has 3 heteroatoms. The van der Waals surface area contributed by atoms with E-state index in [0.717, 1.165) is 12.5 Å². The fourth-order valence-corrected chi connectivity index (χ4v) is 3.19. The van der Waals surface area contributed by atoms with Crippen molar-refractivity contribution in [2.75, 3.05) is 6.54 Å². The number of nitrogens with zero attached hydrogens (tertiary/aromatic N) is 2. The van der Waals surface area contributed by atoms with Crippen LogP contribution in [0.25, 0.3) is 0 Å². The van der Waals surface area contributed by atoms with Crippen molar-refractivity contribution in [2.24, 2.45) is 13.0 Å². The van der Waals surface area contributed by atoms with Crippen LogP contribution < -0.4 is 5.32 Å². The largest absolute Gasteiger partial charge is 0.337 e. The third-order valence-electron chi connectivity index (χ3n) is 4.18. The van der Waals surface area contributed by atoms with Crippen LogP contribution in [0.2, 0.25) is 0 Å². The maximum Gasteiger partial charge on any atom is 0.125 e. The monoisotopic (exact) mass is 249 g/mol. The topological polar surface area (TPSA) is 29.9 Å². The molecule has 0 bridgehead atoms. The molecule has 1 fully saturated rings. The van der Waals surface area contributed by atoms with E-state index in [2.05, 4.69) is 35.0 Å². The summed E-state index contributed by atoms with van der Waals surface area (Å²) < 4.78 is 2.17. The highest BCUT2D eigenvalue weighted by Gasteiger charge is 2.25. The van der Waals surface area contributed by atoms with Crippen LogP contribution in [0.4, 0.5) is 0 Å². The van der Waals surface area contributed by atoms with Crippen LogP contribution in [-0.4, -0.2) is 16.1 Å². The van der Waals surface area contributed by atoms with Gasteiger partial charge in [0.2, 0.25) is 0 Å². The molecule has 0 radical (unpaired) electrons. The molecule has 1 aliphatic carbocycles. The van der Waals surface area contributed by atoms with Gasteiger partial charge in [-0.2, -0.15) is 0 Å². The Balaban J connectivity index is 2.10. The van der Waals surface area contributed by atoms with Gasteiger partial charge in [-0.25, -0.2) is 4.98 Å². The highest BCUT2D eigenvalue weighted by molar-refractivity contribution is 5.01. The first-order valence-corrected chi connectivity index (χ1v) is 7.53.